The molecule has 4 rings (SSSR count). The molecule has 0 N–H and O–H groups in total. The lowest BCUT2D eigenvalue weighted by molar-refractivity contribution is 0.333. The summed E-state index contributed by atoms with van der Waals surface area (Å²) in [4.78, 5) is 0. The highest BCUT2D eigenvalue weighted by Gasteiger charge is 2.18. The zero-order chi connectivity index (χ0) is 25.5. The van der Waals surface area contributed by atoms with Gasteiger partial charge >= 0.3 is 0 Å². The normalized spacial score (nSPS) is 15.4. The fraction of sp³-hybridized carbons (Fsp3) is 0.312. The van der Waals surface area contributed by atoms with E-state index in [0.717, 1.165) is 41.9 Å². The Morgan fingerprint density at radius 3 is 2.28 bits per heavy atom. The molecule has 0 aliphatic heterocycles. The van der Waals surface area contributed by atoms with E-state index < -0.39 is 11.6 Å². The summed E-state index contributed by atoms with van der Waals surface area (Å²) in [5.41, 5.74) is 4.01. The highest BCUT2D eigenvalue weighted by atomic mass is 19.2. The van der Waals surface area contributed by atoms with Gasteiger partial charge in [-0.15, -0.1) is 0 Å². The van der Waals surface area contributed by atoms with Crippen LogP contribution in [-0.4, -0.2) is 6.61 Å². The van der Waals surface area contributed by atoms with Crippen LogP contribution >= 0.6 is 0 Å². The highest BCUT2D eigenvalue weighted by molar-refractivity contribution is 5.74. The second-order valence-corrected chi connectivity index (χ2v) is 9.48. The van der Waals surface area contributed by atoms with Gasteiger partial charge in [-0.3, -0.25) is 0 Å². The number of unbranched alkanes of at least 4 members (excludes halogenated alkanes) is 2. The topological polar surface area (TPSA) is 9.23 Å². The number of hydrogen-bond donors (Lipinski definition) is 0. The summed E-state index contributed by atoms with van der Waals surface area (Å²) in [5, 5.41) is 0. The number of halogens is 3. The van der Waals surface area contributed by atoms with Crippen molar-refractivity contribution >= 4 is 5.57 Å². The Bertz CT molecular complexity index is 1230. The van der Waals surface area contributed by atoms with E-state index in [1.807, 2.05) is 12.1 Å². The van der Waals surface area contributed by atoms with Crippen molar-refractivity contribution in [3.8, 4) is 28.0 Å². The smallest absolute Gasteiger partial charge is 0.201 e. The fourth-order valence-electron chi connectivity index (χ4n) is 4.89. The molecule has 1 atom stereocenters. The second-order valence-electron chi connectivity index (χ2n) is 9.48. The van der Waals surface area contributed by atoms with Crippen molar-refractivity contribution in [1.29, 1.82) is 0 Å². The van der Waals surface area contributed by atoms with Crippen molar-refractivity contribution in [2.75, 3.05) is 6.61 Å². The zero-order valence-corrected chi connectivity index (χ0v) is 20.8. The van der Waals surface area contributed by atoms with Gasteiger partial charge in [-0.2, -0.15) is 4.39 Å². The van der Waals surface area contributed by atoms with E-state index >= 15 is 4.39 Å². The second kappa shape index (κ2) is 12.1. The molecule has 0 fully saturated rings. The predicted octanol–water partition coefficient (Wildman–Crippen LogP) is 9.77. The number of hydrogen-bond acceptors (Lipinski definition) is 1. The molecule has 0 bridgehead atoms. The maximum atomic E-state index is 15.1. The lowest BCUT2D eigenvalue weighted by Gasteiger charge is -2.22. The first kappa shape index (κ1) is 25.8. The summed E-state index contributed by atoms with van der Waals surface area (Å²) in [6.45, 7) is 5.82. The molecule has 4 heteroatoms. The van der Waals surface area contributed by atoms with Crippen LogP contribution in [0.3, 0.4) is 0 Å². The quantitative estimate of drug-likeness (QED) is 0.203. The molecule has 1 aliphatic rings. The fourth-order valence-corrected chi connectivity index (χ4v) is 4.89. The van der Waals surface area contributed by atoms with Gasteiger partial charge in [0.1, 0.15) is 12.4 Å². The molecule has 188 valence electrons. The van der Waals surface area contributed by atoms with Crippen LogP contribution in [0, 0.1) is 23.4 Å². The Labute approximate surface area is 212 Å². The Hall–Kier alpha value is -3.27. The minimum atomic E-state index is -1.03. The molecule has 0 saturated heterocycles. The predicted molar refractivity (Wildman–Crippen MR) is 142 cm³/mol. The Kier molecular flexibility index (Phi) is 8.69. The molecule has 3 aromatic carbocycles. The van der Waals surface area contributed by atoms with E-state index in [1.165, 1.54) is 43.9 Å². The molecule has 3 aromatic rings. The molecular weight excluding hydrogens is 457 g/mol. The Balaban J connectivity index is 1.48. The number of ether oxygens (including phenoxy) is 1. The maximum Gasteiger partial charge on any atom is 0.201 e. The zero-order valence-electron chi connectivity index (χ0n) is 20.8. The highest BCUT2D eigenvalue weighted by Crippen LogP contribution is 2.36. The van der Waals surface area contributed by atoms with Crippen molar-refractivity contribution in [2.24, 2.45) is 5.92 Å². The number of allylic oxidation sites excluding steroid dienone is 2. The van der Waals surface area contributed by atoms with Crippen LogP contribution in [0.4, 0.5) is 13.2 Å². The summed E-state index contributed by atoms with van der Waals surface area (Å²) >= 11 is 0. The van der Waals surface area contributed by atoms with E-state index in [1.54, 1.807) is 30.3 Å². The average molecular weight is 491 g/mol. The maximum absolute atomic E-state index is 15.1. The molecule has 36 heavy (non-hydrogen) atoms. The van der Waals surface area contributed by atoms with Gasteiger partial charge in [0.15, 0.2) is 11.6 Å². The van der Waals surface area contributed by atoms with Crippen LogP contribution in [0.15, 0.2) is 73.3 Å². The Morgan fingerprint density at radius 2 is 1.61 bits per heavy atom. The summed E-state index contributed by atoms with van der Waals surface area (Å²) in [5.74, 6) is -1.65. The van der Waals surface area contributed by atoms with E-state index in [4.69, 9.17) is 4.74 Å². The van der Waals surface area contributed by atoms with Gasteiger partial charge in [-0.25, -0.2) is 8.78 Å². The van der Waals surface area contributed by atoms with Gasteiger partial charge in [0.2, 0.25) is 5.82 Å². The lowest BCUT2D eigenvalue weighted by Crippen LogP contribution is -2.06. The van der Waals surface area contributed by atoms with Crippen LogP contribution < -0.4 is 4.74 Å². The lowest BCUT2D eigenvalue weighted by atomic mass is 9.83. The number of benzene rings is 3. The molecule has 0 spiro atoms. The largest absolute Gasteiger partial charge is 0.486 e. The van der Waals surface area contributed by atoms with Crippen molar-refractivity contribution < 1.29 is 17.9 Å². The van der Waals surface area contributed by atoms with Gasteiger partial charge in [-0.05, 0) is 65.6 Å². The molecule has 0 amide bonds. The molecule has 1 aliphatic carbocycles. The summed E-state index contributed by atoms with van der Waals surface area (Å²) in [7, 11) is 0. The molecule has 0 heterocycles. The van der Waals surface area contributed by atoms with Crippen LogP contribution in [-0.2, 0) is 0 Å². The molecule has 0 saturated carbocycles. The summed E-state index contributed by atoms with van der Waals surface area (Å²) in [6.07, 6.45) is 11.8. The first-order valence-corrected chi connectivity index (χ1v) is 12.8. The van der Waals surface area contributed by atoms with Crippen molar-refractivity contribution in [3.05, 3.63) is 96.3 Å². The van der Waals surface area contributed by atoms with E-state index in [0.29, 0.717) is 11.1 Å². The average Bonchev–Trinajstić information content (AvgIpc) is 2.90. The van der Waals surface area contributed by atoms with Gasteiger partial charge in [0, 0.05) is 11.1 Å². The summed E-state index contributed by atoms with van der Waals surface area (Å²) < 4.78 is 49.2. The standard InChI is InChI=1S/C32H33F3O/c1-3-5-6-7-22-8-10-24(11-9-22)27-17-16-26(21-29(27)33)23-12-14-25(15-13-23)28-18-19-30(36-20-4-2)32(35)31(28)34/h4,10,12-19,21-22H,2-3,5-9,11,20H2,1H3. The van der Waals surface area contributed by atoms with E-state index in [9.17, 15) is 8.78 Å². The molecule has 1 nitrogen and oxygen atoms in total. The molecule has 1 unspecified atom stereocenters. The Morgan fingerprint density at radius 1 is 0.889 bits per heavy atom. The van der Waals surface area contributed by atoms with Gasteiger partial charge < -0.3 is 4.74 Å². The van der Waals surface area contributed by atoms with Gasteiger partial charge in [0.05, 0.1) is 0 Å². The molecule has 0 radical (unpaired) electrons. The van der Waals surface area contributed by atoms with Crippen molar-refractivity contribution in [2.45, 2.75) is 51.9 Å². The minimum Gasteiger partial charge on any atom is -0.486 e. The first-order valence-electron chi connectivity index (χ1n) is 12.8. The SMILES string of the molecule is C=CCOc1ccc(-c2ccc(-c3ccc(C4=CCC(CCCCC)CC4)c(F)c3)cc2)c(F)c1F. The molecule has 0 aromatic heterocycles. The van der Waals surface area contributed by atoms with E-state index in [-0.39, 0.29) is 23.7 Å². The third kappa shape index (κ3) is 5.92. The monoisotopic (exact) mass is 490 g/mol. The van der Waals surface area contributed by atoms with E-state index in [2.05, 4.69) is 19.6 Å². The van der Waals surface area contributed by atoms with Crippen molar-refractivity contribution in [3.63, 3.8) is 0 Å². The third-order valence-corrected chi connectivity index (χ3v) is 6.98. The van der Waals surface area contributed by atoms with Crippen LogP contribution in [0.5, 0.6) is 5.75 Å². The van der Waals surface area contributed by atoms with Crippen LogP contribution in [0.1, 0.15) is 57.4 Å². The van der Waals surface area contributed by atoms with Crippen molar-refractivity contribution in [1.82, 2.24) is 0 Å². The summed E-state index contributed by atoms with van der Waals surface area (Å²) in [6, 6.07) is 15.3. The van der Waals surface area contributed by atoms with Gasteiger partial charge in [-0.1, -0.05) is 87.7 Å². The minimum absolute atomic E-state index is 0.0939. The van der Waals surface area contributed by atoms with Crippen LogP contribution in [0.2, 0.25) is 0 Å². The molecular formula is C32H33F3O. The van der Waals surface area contributed by atoms with Crippen LogP contribution in [0.25, 0.3) is 27.8 Å². The van der Waals surface area contributed by atoms with Gasteiger partial charge in [0.25, 0.3) is 0 Å². The third-order valence-electron chi connectivity index (χ3n) is 6.98. The number of rotatable bonds is 10. The first-order chi connectivity index (χ1) is 17.5.